The van der Waals surface area contributed by atoms with Crippen LogP contribution in [0.15, 0.2) is 28.7 Å². The van der Waals surface area contributed by atoms with Gasteiger partial charge in [0.2, 0.25) is 5.91 Å². The van der Waals surface area contributed by atoms with E-state index >= 15 is 0 Å². The van der Waals surface area contributed by atoms with Gasteiger partial charge < -0.3 is 10.4 Å². The Hall–Kier alpha value is -1.36. The van der Waals surface area contributed by atoms with E-state index in [1.165, 1.54) is 0 Å². The summed E-state index contributed by atoms with van der Waals surface area (Å²) in [7, 11) is 0. The first-order valence-corrected chi connectivity index (χ1v) is 7.25. The van der Waals surface area contributed by atoms with Gasteiger partial charge in [-0.2, -0.15) is 0 Å². The zero-order valence-corrected chi connectivity index (χ0v) is 13.5. The Morgan fingerprint density at radius 2 is 1.80 bits per heavy atom. The standard InChI is InChI=1S/C15H20BrNO3/c1-10(11-4-6-12(16)7-5-11)17-13(18)8-15(2,3)9-14(19)20/h4-7,10H,8-9H2,1-3H3,(H,17,18)(H,19,20)/t10-/m0/s1. The van der Waals surface area contributed by atoms with Crippen LogP contribution < -0.4 is 5.32 Å². The normalized spacial score (nSPS) is 12.8. The lowest BCUT2D eigenvalue weighted by atomic mass is 9.85. The number of carbonyl (C=O) groups excluding carboxylic acids is 1. The monoisotopic (exact) mass is 341 g/mol. The number of rotatable bonds is 6. The molecule has 0 aliphatic heterocycles. The van der Waals surface area contributed by atoms with Crippen LogP contribution in [0.3, 0.4) is 0 Å². The molecule has 0 heterocycles. The topological polar surface area (TPSA) is 66.4 Å². The molecule has 1 aromatic rings. The molecule has 0 aliphatic rings. The van der Waals surface area contributed by atoms with E-state index in [1.54, 1.807) is 13.8 Å². The van der Waals surface area contributed by atoms with Gasteiger partial charge in [-0.3, -0.25) is 9.59 Å². The van der Waals surface area contributed by atoms with Crippen LogP contribution in [0.1, 0.15) is 45.2 Å². The third-order valence-electron chi connectivity index (χ3n) is 3.02. The molecule has 1 amide bonds. The highest BCUT2D eigenvalue weighted by atomic mass is 79.9. The third-order valence-corrected chi connectivity index (χ3v) is 3.55. The molecule has 2 N–H and O–H groups in total. The largest absolute Gasteiger partial charge is 0.481 e. The zero-order chi connectivity index (χ0) is 15.3. The van der Waals surface area contributed by atoms with Gasteiger partial charge in [-0.25, -0.2) is 0 Å². The van der Waals surface area contributed by atoms with Crippen LogP contribution in [0.2, 0.25) is 0 Å². The highest BCUT2D eigenvalue weighted by Crippen LogP contribution is 2.25. The lowest BCUT2D eigenvalue weighted by molar-refractivity contribution is -0.139. The quantitative estimate of drug-likeness (QED) is 0.831. The van der Waals surface area contributed by atoms with Crippen molar-refractivity contribution in [1.29, 1.82) is 0 Å². The maximum atomic E-state index is 12.0. The van der Waals surface area contributed by atoms with Gasteiger partial charge in [0.15, 0.2) is 0 Å². The van der Waals surface area contributed by atoms with Crippen molar-refractivity contribution in [2.75, 3.05) is 0 Å². The molecule has 1 rings (SSSR count). The molecule has 1 aromatic carbocycles. The lowest BCUT2D eigenvalue weighted by Gasteiger charge is -2.23. The van der Waals surface area contributed by atoms with E-state index in [4.69, 9.17) is 5.11 Å². The fraction of sp³-hybridized carbons (Fsp3) is 0.467. The van der Waals surface area contributed by atoms with E-state index in [9.17, 15) is 9.59 Å². The molecule has 4 nitrogen and oxygen atoms in total. The van der Waals surface area contributed by atoms with Crippen LogP contribution >= 0.6 is 15.9 Å². The van der Waals surface area contributed by atoms with Gasteiger partial charge >= 0.3 is 5.97 Å². The average Bonchev–Trinajstić information content (AvgIpc) is 2.26. The molecule has 0 aromatic heterocycles. The molecule has 110 valence electrons. The van der Waals surface area contributed by atoms with Crippen LogP contribution in [0.4, 0.5) is 0 Å². The number of hydrogen-bond acceptors (Lipinski definition) is 2. The smallest absolute Gasteiger partial charge is 0.303 e. The van der Waals surface area contributed by atoms with Crippen molar-refractivity contribution in [3.8, 4) is 0 Å². The summed E-state index contributed by atoms with van der Waals surface area (Å²) in [5.41, 5.74) is 0.465. The number of carboxylic acid groups (broad SMARTS) is 1. The Morgan fingerprint density at radius 3 is 2.30 bits per heavy atom. The third kappa shape index (κ3) is 5.74. The van der Waals surface area contributed by atoms with Crippen molar-refractivity contribution in [1.82, 2.24) is 5.32 Å². The van der Waals surface area contributed by atoms with Crippen molar-refractivity contribution in [2.24, 2.45) is 5.41 Å². The highest BCUT2D eigenvalue weighted by Gasteiger charge is 2.25. The van der Waals surface area contributed by atoms with Gasteiger partial charge in [0.05, 0.1) is 12.5 Å². The van der Waals surface area contributed by atoms with Crippen molar-refractivity contribution in [3.63, 3.8) is 0 Å². The van der Waals surface area contributed by atoms with Crippen LogP contribution in [-0.2, 0) is 9.59 Å². The number of carboxylic acids is 1. The number of carbonyl (C=O) groups is 2. The molecular formula is C15H20BrNO3. The summed E-state index contributed by atoms with van der Waals surface area (Å²) in [4.78, 5) is 22.7. The van der Waals surface area contributed by atoms with Gasteiger partial charge in [0.25, 0.3) is 0 Å². The molecule has 0 bridgehead atoms. The summed E-state index contributed by atoms with van der Waals surface area (Å²) in [6, 6.07) is 7.63. The van der Waals surface area contributed by atoms with Crippen LogP contribution in [0.25, 0.3) is 0 Å². The van der Waals surface area contributed by atoms with Crippen molar-refractivity contribution in [2.45, 2.75) is 39.7 Å². The minimum atomic E-state index is -0.885. The summed E-state index contributed by atoms with van der Waals surface area (Å²) < 4.78 is 0.988. The summed E-state index contributed by atoms with van der Waals surface area (Å²) in [6.07, 6.45) is 0.174. The van der Waals surface area contributed by atoms with Gasteiger partial charge in [-0.1, -0.05) is 41.9 Å². The first-order chi connectivity index (χ1) is 9.19. The Balaban J connectivity index is 2.57. The lowest BCUT2D eigenvalue weighted by Crippen LogP contribution is -2.31. The zero-order valence-electron chi connectivity index (χ0n) is 11.9. The molecule has 0 saturated heterocycles. The molecule has 0 saturated carbocycles. The van der Waals surface area contributed by atoms with Crippen LogP contribution in [0.5, 0.6) is 0 Å². The maximum absolute atomic E-state index is 12.0. The Labute approximate surface area is 127 Å². The summed E-state index contributed by atoms with van der Waals surface area (Å²) >= 11 is 3.37. The molecule has 0 aliphatic carbocycles. The second-order valence-electron chi connectivity index (χ2n) is 5.75. The molecule has 0 spiro atoms. The fourth-order valence-electron chi connectivity index (χ4n) is 2.03. The SMILES string of the molecule is C[C@H](NC(=O)CC(C)(C)CC(=O)O)c1ccc(Br)cc1. The number of hydrogen-bond donors (Lipinski definition) is 2. The number of halogens is 1. The Bertz CT molecular complexity index is 482. The summed E-state index contributed by atoms with van der Waals surface area (Å²) in [5.74, 6) is -1.02. The van der Waals surface area contributed by atoms with Crippen molar-refractivity contribution >= 4 is 27.8 Å². The molecular weight excluding hydrogens is 322 g/mol. The molecule has 0 fully saturated rings. The van der Waals surface area contributed by atoms with Gasteiger partial charge in [0, 0.05) is 10.9 Å². The fourth-order valence-corrected chi connectivity index (χ4v) is 2.30. The summed E-state index contributed by atoms with van der Waals surface area (Å²) in [5, 5.41) is 11.7. The predicted molar refractivity (Wildman–Crippen MR) is 81.4 cm³/mol. The Morgan fingerprint density at radius 1 is 1.25 bits per heavy atom. The van der Waals surface area contributed by atoms with Gasteiger partial charge in [-0.15, -0.1) is 0 Å². The van der Waals surface area contributed by atoms with E-state index in [0.29, 0.717) is 0 Å². The Kier molecular flexibility index (Phi) is 5.74. The first kappa shape index (κ1) is 16.7. The molecule has 1 atom stereocenters. The number of benzene rings is 1. The predicted octanol–water partition coefficient (Wildman–Crippen LogP) is 3.52. The van der Waals surface area contributed by atoms with E-state index in [-0.39, 0.29) is 24.8 Å². The van der Waals surface area contributed by atoms with Crippen molar-refractivity contribution in [3.05, 3.63) is 34.3 Å². The minimum absolute atomic E-state index is 0.0207. The molecule has 0 unspecified atom stereocenters. The van der Waals surface area contributed by atoms with E-state index < -0.39 is 11.4 Å². The maximum Gasteiger partial charge on any atom is 0.303 e. The van der Waals surface area contributed by atoms with Gasteiger partial charge in [0.1, 0.15) is 0 Å². The number of nitrogens with one attached hydrogen (secondary N) is 1. The number of amides is 1. The molecule has 5 heteroatoms. The van der Waals surface area contributed by atoms with Gasteiger partial charge in [-0.05, 0) is 30.0 Å². The van der Waals surface area contributed by atoms with Crippen molar-refractivity contribution < 1.29 is 14.7 Å². The second-order valence-corrected chi connectivity index (χ2v) is 6.67. The van der Waals surface area contributed by atoms with Crippen LogP contribution in [-0.4, -0.2) is 17.0 Å². The summed E-state index contributed by atoms with van der Waals surface area (Å²) in [6.45, 7) is 5.47. The van der Waals surface area contributed by atoms with E-state index in [2.05, 4.69) is 21.2 Å². The molecule has 20 heavy (non-hydrogen) atoms. The molecule has 0 radical (unpaired) electrons. The number of aliphatic carboxylic acids is 1. The van der Waals surface area contributed by atoms with Crippen LogP contribution in [0, 0.1) is 5.41 Å². The van der Waals surface area contributed by atoms with E-state index in [0.717, 1.165) is 10.0 Å². The highest BCUT2D eigenvalue weighted by molar-refractivity contribution is 9.10. The first-order valence-electron chi connectivity index (χ1n) is 6.46. The second kappa shape index (κ2) is 6.88. The average molecular weight is 342 g/mol. The minimum Gasteiger partial charge on any atom is -0.481 e. The van der Waals surface area contributed by atoms with E-state index in [1.807, 2.05) is 31.2 Å².